The number of aromatic nitrogens is 1. The second-order valence-corrected chi connectivity index (χ2v) is 9.91. The molecule has 11 heteroatoms. The monoisotopic (exact) mass is 523 g/mol. The van der Waals surface area contributed by atoms with Crippen LogP contribution in [0.3, 0.4) is 0 Å². The zero-order valence-corrected chi connectivity index (χ0v) is 21.7. The van der Waals surface area contributed by atoms with Crippen LogP contribution in [-0.2, 0) is 9.59 Å². The maximum Gasteiger partial charge on any atom is 0.251 e. The Balaban J connectivity index is 1.10. The van der Waals surface area contributed by atoms with Crippen molar-refractivity contribution in [2.45, 2.75) is 12.8 Å². The zero-order chi connectivity index (χ0) is 25.9. The largest absolute Gasteiger partial charge is 0.493 e. The first-order chi connectivity index (χ1) is 18.0. The van der Waals surface area contributed by atoms with Crippen molar-refractivity contribution in [3.8, 4) is 11.5 Å². The summed E-state index contributed by atoms with van der Waals surface area (Å²) in [5.41, 5.74) is 1.82. The molecule has 1 aromatic heterocycles. The molecule has 2 aliphatic heterocycles. The van der Waals surface area contributed by atoms with Crippen LogP contribution in [0.4, 0.5) is 10.8 Å². The third-order valence-electron chi connectivity index (χ3n) is 6.69. The molecular weight excluding hydrogens is 494 g/mol. The van der Waals surface area contributed by atoms with Gasteiger partial charge in [-0.25, -0.2) is 4.98 Å². The number of hydrogen-bond donors (Lipinski definition) is 1. The molecule has 2 aromatic carbocycles. The Morgan fingerprint density at radius 1 is 0.973 bits per heavy atom. The second-order valence-electron chi connectivity index (χ2n) is 8.90. The van der Waals surface area contributed by atoms with Gasteiger partial charge in [0.25, 0.3) is 5.91 Å². The predicted molar refractivity (Wildman–Crippen MR) is 142 cm³/mol. The van der Waals surface area contributed by atoms with E-state index in [1.165, 1.54) is 4.90 Å². The number of nitrogens with one attached hydrogen (secondary N) is 1. The van der Waals surface area contributed by atoms with Crippen molar-refractivity contribution < 1.29 is 23.9 Å². The van der Waals surface area contributed by atoms with Gasteiger partial charge < -0.3 is 19.7 Å². The number of methoxy groups -OCH3 is 2. The van der Waals surface area contributed by atoms with Crippen LogP contribution in [0.1, 0.15) is 23.2 Å². The van der Waals surface area contributed by atoms with Crippen molar-refractivity contribution in [2.24, 2.45) is 0 Å². The lowest BCUT2D eigenvalue weighted by atomic mass is 10.2. The molecule has 0 aliphatic carbocycles. The van der Waals surface area contributed by atoms with Gasteiger partial charge in [-0.05, 0) is 36.4 Å². The molecule has 10 nitrogen and oxygen atoms in total. The van der Waals surface area contributed by atoms with E-state index in [-0.39, 0.29) is 30.6 Å². The third-order valence-corrected chi connectivity index (χ3v) is 7.77. The van der Waals surface area contributed by atoms with E-state index in [4.69, 9.17) is 14.5 Å². The molecule has 3 amide bonds. The smallest absolute Gasteiger partial charge is 0.251 e. The quantitative estimate of drug-likeness (QED) is 0.449. The summed E-state index contributed by atoms with van der Waals surface area (Å²) in [6, 6.07) is 10.5. The number of nitrogens with zero attached hydrogens (tertiary/aromatic N) is 4. The van der Waals surface area contributed by atoms with E-state index in [0.717, 1.165) is 48.1 Å². The van der Waals surface area contributed by atoms with E-state index in [9.17, 15) is 14.4 Å². The summed E-state index contributed by atoms with van der Waals surface area (Å²) < 4.78 is 12.0. The molecule has 3 aromatic rings. The average molecular weight is 524 g/mol. The van der Waals surface area contributed by atoms with Gasteiger partial charge in [0, 0.05) is 57.7 Å². The summed E-state index contributed by atoms with van der Waals surface area (Å²) >= 11 is 1.65. The number of anilines is 2. The maximum atomic E-state index is 12.6. The van der Waals surface area contributed by atoms with Gasteiger partial charge in [0.2, 0.25) is 11.8 Å². The summed E-state index contributed by atoms with van der Waals surface area (Å²) in [6.45, 7) is 4.73. The van der Waals surface area contributed by atoms with Crippen molar-refractivity contribution >= 4 is 50.1 Å². The Labute approximate surface area is 218 Å². The number of amides is 3. The van der Waals surface area contributed by atoms with E-state index in [2.05, 4.69) is 15.1 Å². The summed E-state index contributed by atoms with van der Waals surface area (Å²) in [5.74, 6) is 0.745. The fourth-order valence-electron chi connectivity index (χ4n) is 4.65. The Morgan fingerprint density at radius 2 is 1.68 bits per heavy atom. The van der Waals surface area contributed by atoms with Gasteiger partial charge in [0.05, 0.1) is 24.6 Å². The van der Waals surface area contributed by atoms with Gasteiger partial charge in [0.15, 0.2) is 16.6 Å². The average Bonchev–Trinajstić information content (AvgIpc) is 3.51. The first kappa shape index (κ1) is 25.0. The number of thiazole rings is 1. The van der Waals surface area contributed by atoms with E-state index in [0.29, 0.717) is 29.3 Å². The van der Waals surface area contributed by atoms with Gasteiger partial charge in [-0.2, -0.15) is 0 Å². The minimum absolute atomic E-state index is 0.178. The molecule has 0 unspecified atom stereocenters. The topological polar surface area (TPSA) is 104 Å². The van der Waals surface area contributed by atoms with Gasteiger partial charge in [-0.15, -0.1) is 0 Å². The SMILES string of the molecule is COc1ccc2sc(N3CCN(CCNC(=O)c4ccc(N5C(=O)CCC5=O)cc4)CC3)nc2c1OC. The second kappa shape index (κ2) is 10.7. The summed E-state index contributed by atoms with van der Waals surface area (Å²) in [7, 11) is 3.25. The molecule has 2 aliphatic rings. The van der Waals surface area contributed by atoms with E-state index in [1.807, 2.05) is 12.1 Å². The summed E-state index contributed by atoms with van der Waals surface area (Å²) in [5, 5.41) is 3.93. The molecule has 5 rings (SSSR count). The van der Waals surface area contributed by atoms with Gasteiger partial charge in [-0.1, -0.05) is 11.3 Å². The molecule has 2 saturated heterocycles. The Bertz CT molecular complexity index is 1300. The third kappa shape index (κ3) is 5.09. The summed E-state index contributed by atoms with van der Waals surface area (Å²) in [6.07, 6.45) is 0.472. The highest BCUT2D eigenvalue weighted by atomic mass is 32.1. The highest BCUT2D eigenvalue weighted by Crippen LogP contribution is 2.40. The predicted octanol–water partition coefficient (Wildman–Crippen LogP) is 2.52. The van der Waals surface area contributed by atoms with Crippen LogP contribution in [-0.4, -0.2) is 81.1 Å². The van der Waals surface area contributed by atoms with Crippen LogP contribution < -0.4 is 24.6 Å². The highest BCUT2D eigenvalue weighted by molar-refractivity contribution is 7.22. The van der Waals surface area contributed by atoms with Gasteiger partial charge in [0.1, 0.15) is 5.52 Å². The Kier molecular flexibility index (Phi) is 7.24. The van der Waals surface area contributed by atoms with Crippen molar-refractivity contribution in [3.05, 3.63) is 42.0 Å². The van der Waals surface area contributed by atoms with Crippen molar-refractivity contribution in [3.63, 3.8) is 0 Å². The Morgan fingerprint density at radius 3 is 2.32 bits per heavy atom. The summed E-state index contributed by atoms with van der Waals surface area (Å²) in [4.78, 5) is 47.0. The number of ether oxygens (including phenoxy) is 2. The van der Waals surface area contributed by atoms with E-state index < -0.39 is 0 Å². The number of imide groups is 1. The molecule has 1 N–H and O–H groups in total. The number of benzene rings is 2. The molecule has 0 atom stereocenters. The normalized spacial score (nSPS) is 16.5. The molecule has 0 spiro atoms. The van der Waals surface area contributed by atoms with Crippen LogP contribution in [0, 0.1) is 0 Å². The molecule has 0 radical (unpaired) electrons. The van der Waals surface area contributed by atoms with Crippen LogP contribution in [0.2, 0.25) is 0 Å². The van der Waals surface area contributed by atoms with Crippen molar-refractivity contribution in [1.82, 2.24) is 15.2 Å². The lowest BCUT2D eigenvalue weighted by Gasteiger charge is -2.34. The first-order valence-corrected chi connectivity index (χ1v) is 13.0. The number of hydrogen-bond acceptors (Lipinski definition) is 9. The standard InChI is InChI=1S/C26H29N5O5S/c1-35-19-7-8-20-23(24(19)36-2)28-26(37-20)30-15-13-29(14-16-30)12-11-27-25(34)17-3-5-18(6-4-17)31-21(32)9-10-22(31)33/h3-8H,9-16H2,1-2H3,(H,27,34). The molecule has 0 saturated carbocycles. The van der Waals surface area contributed by atoms with E-state index in [1.54, 1.807) is 49.8 Å². The fourth-order valence-corrected chi connectivity index (χ4v) is 5.67. The van der Waals surface area contributed by atoms with Crippen LogP contribution in [0.15, 0.2) is 36.4 Å². The van der Waals surface area contributed by atoms with Crippen LogP contribution in [0.25, 0.3) is 10.2 Å². The number of piperazine rings is 1. The molecular formula is C26H29N5O5S. The Hall–Kier alpha value is -3.70. The lowest BCUT2D eigenvalue weighted by molar-refractivity contribution is -0.121. The van der Waals surface area contributed by atoms with Crippen molar-refractivity contribution in [1.29, 1.82) is 0 Å². The molecule has 0 bridgehead atoms. The molecule has 194 valence electrons. The molecule has 2 fully saturated rings. The number of fused-ring (bicyclic) bond motifs is 1. The zero-order valence-electron chi connectivity index (χ0n) is 20.9. The number of rotatable bonds is 8. The van der Waals surface area contributed by atoms with Gasteiger partial charge >= 0.3 is 0 Å². The minimum Gasteiger partial charge on any atom is -0.493 e. The highest BCUT2D eigenvalue weighted by Gasteiger charge is 2.30. The number of carbonyl (C=O) groups excluding carboxylic acids is 3. The van der Waals surface area contributed by atoms with Crippen LogP contribution >= 0.6 is 11.3 Å². The lowest BCUT2D eigenvalue weighted by Crippen LogP contribution is -2.48. The number of carbonyl (C=O) groups is 3. The first-order valence-electron chi connectivity index (χ1n) is 12.2. The maximum absolute atomic E-state index is 12.6. The van der Waals surface area contributed by atoms with E-state index >= 15 is 0 Å². The fraction of sp³-hybridized carbons (Fsp3) is 0.385. The van der Waals surface area contributed by atoms with Gasteiger partial charge in [-0.3, -0.25) is 24.2 Å². The minimum atomic E-state index is -0.203. The molecule has 37 heavy (non-hydrogen) atoms. The van der Waals surface area contributed by atoms with Crippen molar-refractivity contribution in [2.75, 3.05) is 63.3 Å². The molecule has 3 heterocycles. The van der Waals surface area contributed by atoms with Crippen LogP contribution in [0.5, 0.6) is 11.5 Å².